The highest BCUT2D eigenvalue weighted by atomic mass is 16.5. The zero-order valence-corrected chi connectivity index (χ0v) is 16.5. The van der Waals surface area contributed by atoms with E-state index in [9.17, 15) is 14.4 Å². The summed E-state index contributed by atoms with van der Waals surface area (Å²) in [5.41, 5.74) is 12.7. The van der Waals surface area contributed by atoms with E-state index in [2.05, 4.69) is 17.4 Å². The molecule has 28 heavy (non-hydrogen) atoms. The lowest BCUT2D eigenvalue weighted by atomic mass is 9.96. The van der Waals surface area contributed by atoms with Gasteiger partial charge in [0.15, 0.2) is 0 Å². The van der Waals surface area contributed by atoms with Gasteiger partial charge in [-0.3, -0.25) is 14.4 Å². The first-order chi connectivity index (χ1) is 13.4. The minimum absolute atomic E-state index is 0.160. The average molecular weight is 389 g/mol. The zero-order valence-electron chi connectivity index (χ0n) is 16.5. The van der Waals surface area contributed by atoms with Crippen molar-refractivity contribution in [3.8, 4) is 0 Å². The van der Waals surface area contributed by atoms with Crippen molar-refractivity contribution in [3.63, 3.8) is 0 Å². The first kappa shape index (κ1) is 21.9. The van der Waals surface area contributed by atoms with E-state index in [-0.39, 0.29) is 29.9 Å². The number of ether oxygens (including phenoxy) is 1. The Morgan fingerprint density at radius 1 is 1.21 bits per heavy atom. The van der Waals surface area contributed by atoms with Crippen molar-refractivity contribution >= 4 is 18.2 Å². The number of carbonyl (C=O) groups excluding carboxylic acids is 3. The van der Waals surface area contributed by atoms with Gasteiger partial charge < -0.3 is 21.5 Å². The number of amides is 3. The van der Waals surface area contributed by atoms with Crippen molar-refractivity contribution < 1.29 is 19.1 Å². The van der Waals surface area contributed by atoms with Crippen molar-refractivity contribution in [2.45, 2.75) is 70.6 Å². The maximum absolute atomic E-state index is 11.4. The smallest absolute Gasteiger partial charge is 0.223 e. The van der Waals surface area contributed by atoms with Gasteiger partial charge >= 0.3 is 0 Å². The monoisotopic (exact) mass is 389 g/mol. The van der Waals surface area contributed by atoms with Gasteiger partial charge in [-0.25, -0.2) is 0 Å². The summed E-state index contributed by atoms with van der Waals surface area (Å²) in [5.74, 6) is -0.559. The zero-order chi connectivity index (χ0) is 20.6. The number of nitrogens with one attached hydrogen (secondary N) is 1. The second-order valence-corrected chi connectivity index (χ2v) is 7.73. The lowest BCUT2D eigenvalue weighted by molar-refractivity contribution is -0.123. The molecule has 5 N–H and O–H groups in total. The van der Waals surface area contributed by atoms with E-state index >= 15 is 0 Å². The topological polar surface area (TPSA) is 125 Å². The molecule has 2 rings (SSSR count). The number of hydrogen-bond acceptors (Lipinski definition) is 4. The first-order valence-corrected chi connectivity index (χ1v) is 9.83. The Hall–Kier alpha value is -2.41. The summed E-state index contributed by atoms with van der Waals surface area (Å²) in [6, 6.07) is 7.93. The van der Waals surface area contributed by atoms with Crippen LogP contribution in [-0.4, -0.2) is 30.4 Å². The molecule has 1 saturated carbocycles. The second-order valence-electron chi connectivity index (χ2n) is 7.73. The molecule has 0 radical (unpaired) electrons. The van der Waals surface area contributed by atoms with Gasteiger partial charge in [-0.1, -0.05) is 24.3 Å². The van der Waals surface area contributed by atoms with Gasteiger partial charge in [0.25, 0.3) is 0 Å². The van der Waals surface area contributed by atoms with Gasteiger partial charge in [-0.2, -0.15) is 0 Å². The number of nitrogens with two attached hydrogens (primary N) is 2. The molecule has 0 saturated heterocycles. The molecule has 7 heteroatoms. The second kappa shape index (κ2) is 10.2. The Kier molecular flexibility index (Phi) is 7.99. The SMILES string of the molecule is C[C@@H](OCc1ccc(CCCC2(C(N)=O)CC2)cc1)[C@H](CCC(N)=O)NC=O. The molecule has 1 aliphatic carbocycles. The highest BCUT2D eigenvalue weighted by Gasteiger charge is 2.47. The first-order valence-electron chi connectivity index (χ1n) is 9.83. The maximum Gasteiger partial charge on any atom is 0.223 e. The van der Waals surface area contributed by atoms with Crippen LogP contribution in [0.5, 0.6) is 0 Å². The normalized spacial score (nSPS) is 16.8. The summed E-state index contributed by atoms with van der Waals surface area (Å²) in [4.78, 5) is 33.1. The fourth-order valence-electron chi connectivity index (χ4n) is 3.39. The predicted molar refractivity (Wildman–Crippen MR) is 106 cm³/mol. The molecular formula is C21H31N3O4. The quantitative estimate of drug-likeness (QED) is 0.418. The van der Waals surface area contributed by atoms with Gasteiger partial charge in [-0.05, 0) is 56.6 Å². The molecule has 1 aliphatic rings. The number of rotatable bonds is 14. The Bertz CT molecular complexity index is 671. The van der Waals surface area contributed by atoms with Crippen LogP contribution in [0.1, 0.15) is 56.6 Å². The molecule has 0 heterocycles. The van der Waals surface area contributed by atoms with Crippen LogP contribution in [-0.2, 0) is 32.1 Å². The summed E-state index contributed by atoms with van der Waals surface area (Å²) in [7, 11) is 0. The predicted octanol–water partition coefficient (Wildman–Crippen LogP) is 1.56. The van der Waals surface area contributed by atoms with Crippen molar-refractivity contribution in [3.05, 3.63) is 35.4 Å². The third-order valence-electron chi connectivity index (χ3n) is 5.58. The van der Waals surface area contributed by atoms with E-state index < -0.39 is 5.91 Å². The Balaban J connectivity index is 1.75. The van der Waals surface area contributed by atoms with E-state index in [1.807, 2.05) is 19.1 Å². The third-order valence-corrected chi connectivity index (χ3v) is 5.58. The Labute approximate surface area is 166 Å². The van der Waals surface area contributed by atoms with Gasteiger partial charge in [0.05, 0.1) is 18.8 Å². The maximum atomic E-state index is 11.4. The van der Waals surface area contributed by atoms with Crippen molar-refractivity contribution in [1.29, 1.82) is 0 Å². The summed E-state index contributed by atoms with van der Waals surface area (Å²) >= 11 is 0. The molecule has 1 fully saturated rings. The van der Waals surface area contributed by atoms with Crippen LogP contribution in [0.4, 0.5) is 0 Å². The molecule has 0 aromatic heterocycles. The van der Waals surface area contributed by atoms with Gasteiger partial charge in [0.2, 0.25) is 18.2 Å². The summed E-state index contributed by atoms with van der Waals surface area (Å²) in [5, 5.41) is 2.69. The van der Waals surface area contributed by atoms with Gasteiger partial charge in [-0.15, -0.1) is 0 Å². The minimum Gasteiger partial charge on any atom is -0.372 e. The molecule has 7 nitrogen and oxygen atoms in total. The number of primary amides is 2. The van der Waals surface area contributed by atoms with Crippen LogP contribution >= 0.6 is 0 Å². The van der Waals surface area contributed by atoms with E-state index in [4.69, 9.17) is 16.2 Å². The number of carbonyl (C=O) groups is 3. The van der Waals surface area contributed by atoms with Gasteiger partial charge in [0.1, 0.15) is 0 Å². The average Bonchev–Trinajstić information content (AvgIpc) is 3.45. The molecule has 0 bridgehead atoms. The van der Waals surface area contributed by atoms with Crippen molar-refractivity contribution in [2.75, 3.05) is 0 Å². The standard InChI is InChI=1S/C21H31N3O4/c1-15(18(24-14-25)8-9-19(22)26)28-13-17-6-4-16(5-7-17)3-2-10-21(11-12-21)20(23)27/h4-7,14-15,18H,2-3,8-13H2,1H3,(H2,22,26)(H2,23,27)(H,24,25)/t15-,18+/m1/s1. The van der Waals surface area contributed by atoms with Crippen LogP contribution in [0.2, 0.25) is 0 Å². The number of aryl methyl sites for hydroxylation is 1. The molecule has 3 amide bonds. The number of hydrogen-bond donors (Lipinski definition) is 3. The van der Waals surface area contributed by atoms with Crippen LogP contribution < -0.4 is 16.8 Å². The van der Waals surface area contributed by atoms with E-state index in [0.29, 0.717) is 19.4 Å². The molecular weight excluding hydrogens is 358 g/mol. The van der Waals surface area contributed by atoms with Crippen LogP contribution in [0.15, 0.2) is 24.3 Å². The third kappa shape index (κ3) is 6.64. The van der Waals surface area contributed by atoms with Gasteiger partial charge in [0, 0.05) is 11.8 Å². The number of benzene rings is 1. The summed E-state index contributed by atoms with van der Waals surface area (Å²) in [6.45, 7) is 2.28. The van der Waals surface area contributed by atoms with Crippen molar-refractivity contribution in [1.82, 2.24) is 5.32 Å². The summed E-state index contributed by atoms with van der Waals surface area (Å²) < 4.78 is 5.85. The van der Waals surface area contributed by atoms with Crippen molar-refractivity contribution in [2.24, 2.45) is 16.9 Å². The highest BCUT2D eigenvalue weighted by molar-refractivity contribution is 5.83. The lowest BCUT2D eigenvalue weighted by Gasteiger charge is -2.23. The molecule has 1 aromatic rings. The Morgan fingerprint density at radius 3 is 2.39 bits per heavy atom. The fourth-order valence-corrected chi connectivity index (χ4v) is 3.39. The van der Waals surface area contributed by atoms with E-state index in [0.717, 1.165) is 37.7 Å². The molecule has 0 aliphatic heterocycles. The molecule has 2 atom stereocenters. The largest absolute Gasteiger partial charge is 0.372 e. The van der Waals surface area contributed by atoms with Crippen LogP contribution in [0, 0.1) is 5.41 Å². The molecule has 154 valence electrons. The lowest BCUT2D eigenvalue weighted by Crippen LogP contribution is -2.39. The van der Waals surface area contributed by atoms with Crippen LogP contribution in [0.3, 0.4) is 0 Å². The molecule has 0 spiro atoms. The van der Waals surface area contributed by atoms with E-state index in [1.54, 1.807) is 0 Å². The molecule has 1 aromatic carbocycles. The van der Waals surface area contributed by atoms with Crippen LogP contribution in [0.25, 0.3) is 0 Å². The Morgan fingerprint density at radius 2 is 1.86 bits per heavy atom. The highest BCUT2D eigenvalue weighted by Crippen LogP contribution is 2.49. The fraction of sp³-hybridized carbons (Fsp3) is 0.571. The summed E-state index contributed by atoms with van der Waals surface area (Å²) in [6.07, 6.45) is 5.61. The minimum atomic E-state index is -0.399. The molecule has 0 unspecified atom stereocenters. The van der Waals surface area contributed by atoms with E-state index in [1.165, 1.54) is 5.56 Å².